The zero-order valence-corrected chi connectivity index (χ0v) is 13.2. The average molecular weight is 302 g/mol. The van der Waals surface area contributed by atoms with Crippen LogP contribution < -0.4 is 10.6 Å². The number of anilines is 1. The number of benzene rings is 1. The third kappa shape index (κ3) is 3.61. The van der Waals surface area contributed by atoms with Crippen LogP contribution in [0.1, 0.15) is 23.7 Å². The molecule has 1 fully saturated rings. The maximum Gasteiger partial charge on any atom is 0.109 e. The summed E-state index contributed by atoms with van der Waals surface area (Å²) in [5, 5.41) is 3.18. The third-order valence-corrected chi connectivity index (χ3v) is 4.93. The smallest absolute Gasteiger partial charge is 0.109 e. The van der Waals surface area contributed by atoms with E-state index >= 15 is 0 Å². The van der Waals surface area contributed by atoms with Crippen LogP contribution in [0.15, 0.2) is 35.7 Å². The average Bonchev–Trinajstić information content (AvgIpc) is 2.98. The lowest BCUT2D eigenvalue weighted by Gasteiger charge is -2.35. The van der Waals surface area contributed by atoms with Gasteiger partial charge in [-0.2, -0.15) is 0 Å². The molecule has 21 heavy (non-hydrogen) atoms. The maximum absolute atomic E-state index is 5.87. The van der Waals surface area contributed by atoms with Gasteiger partial charge in [-0.15, -0.1) is 11.3 Å². The van der Waals surface area contributed by atoms with Gasteiger partial charge in [-0.05, 0) is 19.1 Å². The highest BCUT2D eigenvalue weighted by atomic mass is 32.1. The van der Waals surface area contributed by atoms with E-state index in [1.54, 1.807) is 11.3 Å². The molecule has 2 aromatic rings. The van der Waals surface area contributed by atoms with Gasteiger partial charge in [0, 0.05) is 43.8 Å². The molecule has 2 heterocycles. The summed E-state index contributed by atoms with van der Waals surface area (Å²) >= 11 is 1.67. The van der Waals surface area contributed by atoms with E-state index in [0.717, 1.165) is 43.4 Å². The van der Waals surface area contributed by atoms with Gasteiger partial charge in [0.1, 0.15) is 5.01 Å². The number of piperazine rings is 1. The van der Waals surface area contributed by atoms with Crippen molar-refractivity contribution in [3.8, 4) is 0 Å². The summed E-state index contributed by atoms with van der Waals surface area (Å²) in [6, 6.07) is 10.7. The summed E-state index contributed by atoms with van der Waals surface area (Å²) in [4.78, 5) is 9.54. The number of thiazole rings is 1. The first-order valence-electron chi connectivity index (χ1n) is 7.44. The molecule has 0 aliphatic carbocycles. The van der Waals surface area contributed by atoms with Crippen molar-refractivity contribution in [2.24, 2.45) is 5.73 Å². The first-order chi connectivity index (χ1) is 10.2. The minimum atomic E-state index is 0.0404. The van der Waals surface area contributed by atoms with Gasteiger partial charge >= 0.3 is 0 Å². The molecule has 3 rings (SSSR count). The summed E-state index contributed by atoms with van der Waals surface area (Å²) < 4.78 is 0. The Hall–Kier alpha value is -1.43. The molecule has 1 aliphatic heterocycles. The number of hydrogen-bond donors (Lipinski definition) is 1. The second-order valence-corrected chi connectivity index (χ2v) is 6.45. The van der Waals surface area contributed by atoms with Crippen molar-refractivity contribution in [1.29, 1.82) is 0 Å². The van der Waals surface area contributed by atoms with E-state index in [-0.39, 0.29) is 6.04 Å². The molecule has 112 valence electrons. The summed E-state index contributed by atoms with van der Waals surface area (Å²) in [6.45, 7) is 7.25. The van der Waals surface area contributed by atoms with Crippen LogP contribution in [0.5, 0.6) is 0 Å². The molecule has 0 saturated carbocycles. The molecule has 1 unspecified atom stereocenters. The highest BCUT2D eigenvalue weighted by Crippen LogP contribution is 2.19. The molecule has 0 bridgehead atoms. The van der Waals surface area contributed by atoms with Crippen LogP contribution in [0.25, 0.3) is 0 Å². The normalized spacial score (nSPS) is 17.9. The van der Waals surface area contributed by atoms with E-state index in [2.05, 4.69) is 50.5 Å². The molecule has 1 atom stereocenters. The number of para-hydroxylation sites is 1. The van der Waals surface area contributed by atoms with Crippen molar-refractivity contribution >= 4 is 17.0 Å². The van der Waals surface area contributed by atoms with E-state index in [9.17, 15) is 0 Å². The summed E-state index contributed by atoms with van der Waals surface area (Å²) in [5.74, 6) is 0. The predicted molar refractivity (Wildman–Crippen MR) is 88.6 cm³/mol. The van der Waals surface area contributed by atoms with Gasteiger partial charge in [0.15, 0.2) is 0 Å². The number of aromatic nitrogens is 1. The number of hydrogen-bond acceptors (Lipinski definition) is 5. The topological polar surface area (TPSA) is 45.4 Å². The fraction of sp³-hybridized carbons (Fsp3) is 0.438. The Labute approximate surface area is 130 Å². The van der Waals surface area contributed by atoms with Crippen molar-refractivity contribution in [3.05, 3.63) is 46.4 Å². The van der Waals surface area contributed by atoms with Gasteiger partial charge in [0.2, 0.25) is 0 Å². The first kappa shape index (κ1) is 14.5. The minimum Gasteiger partial charge on any atom is -0.369 e. The molecular formula is C16H22N4S. The molecule has 1 saturated heterocycles. The molecule has 1 aromatic carbocycles. The summed E-state index contributed by atoms with van der Waals surface area (Å²) in [6.07, 6.45) is 0. The van der Waals surface area contributed by atoms with Gasteiger partial charge in [-0.1, -0.05) is 18.2 Å². The quantitative estimate of drug-likeness (QED) is 0.942. The number of nitrogens with zero attached hydrogens (tertiary/aromatic N) is 3. The van der Waals surface area contributed by atoms with Gasteiger partial charge in [-0.3, -0.25) is 4.90 Å². The van der Waals surface area contributed by atoms with Crippen molar-refractivity contribution < 1.29 is 0 Å². The molecule has 2 N–H and O–H groups in total. The number of nitrogens with two attached hydrogens (primary N) is 1. The first-order valence-corrected chi connectivity index (χ1v) is 8.32. The third-order valence-electron chi connectivity index (χ3n) is 3.84. The molecule has 1 aromatic heterocycles. The van der Waals surface area contributed by atoms with Gasteiger partial charge in [0.05, 0.1) is 11.7 Å². The van der Waals surface area contributed by atoms with Crippen LogP contribution in [0.2, 0.25) is 0 Å². The fourth-order valence-corrected chi connectivity index (χ4v) is 3.41. The largest absolute Gasteiger partial charge is 0.369 e. The van der Waals surface area contributed by atoms with Crippen LogP contribution in [0.4, 0.5) is 5.69 Å². The minimum absolute atomic E-state index is 0.0404. The molecule has 1 aliphatic rings. The lowest BCUT2D eigenvalue weighted by atomic mass is 10.2. The fourth-order valence-electron chi connectivity index (χ4n) is 2.64. The van der Waals surface area contributed by atoms with Crippen LogP contribution in [-0.2, 0) is 6.54 Å². The lowest BCUT2D eigenvalue weighted by Crippen LogP contribution is -2.46. The summed E-state index contributed by atoms with van der Waals surface area (Å²) in [7, 11) is 0. The molecule has 0 radical (unpaired) electrons. The molecule has 0 amide bonds. The van der Waals surface area contributed by atoms with Crippen molar-refractivity contribution in [1.82, 2.24) is 9.88 Å². The summed E-state index contributed by atoms with van der Waals surface area (Å²) in [5.41, 5.74) is 8.35. The zero-order chi connectivity index (χ0) is 14.7. The van der Waals surface area contributed by atoms with Crippen LogP contribution in [-0.4, -0.2) is 36.1 Å². The Kier molecular flexibility index (Phi) is 4.53. The van der Waals surface area contributed by atoms with Crippen molar-refractivity contribution in [2.45, 2.75) is 19.5 Å². The van der Waals surface area contributed by atoms with Gasteiger partial charge in [0.25, 0.3) is 0 Å². The molecule has 4 nitrogen and oxygen atoms in total. The monoisotopic (exact) mass is 302 g/mol. The van der Waals surface area contributed by atoms with Crippen molar-refractivity contribution in [3.63, 3.8) is 0 Å². The van der Waals surface area contributed by atoms with Gasteiger partial charge in [-0.25, -0.2) is 4.98 Å². The number of rotatable bonds is 4. The molecular weight excluding hydrogens is 280 g/mol. The lowest BCUT2D eigenvalue weighted by molar-refractivity contribution is 0.247. The van der Waals surface area contributed by atoms with E-state index in [4.69, 9.17) is 5.73 Å². The Morgan fingerprint density at radius 2 is 1.90 bits per heavy atom. The van der Waals surface area contributed by atoms with Crippen LogP contribution in [0, 0.1) is 0 Å². The second-order valence-electron chi connectivity index (χ2n) is 5.56. The Bertz CT molecular complexity index is 559. The van der Waals surface area contributed by atoms with Crippen molar-refractivity contribution in [2.75, 3.05) is 31.1 Å². The Morgan fingerprint density at radius 1 is 1.19 bits per heavy atom. The van der Waals surface area contributed by atoms with Crippen LogP contribution >= 0.6 is 11.3 Å². The second kappa shape index (κ2) is 6.56. The van der Waals surface area contributed by atoms with E-state index in [1.165, 1.54) is 5.69 Å². The predicted octanol–water partition coefficient (Wildman–Crippen LogP) is 2.49. The standard InChI is InChI=1S/C16H22N4S/c1-13(17)16-18-14(12-21-16)11-19-7-9-20(10-8-19)15-5-3-2-4-6-15/h2-6,12-13H,7-11,17H2,1H3. The SMILES string of the molecule is CC(N)c1nc(CN2CCN(c3ccccc3)CC2)cs1. The Morgan fingerprint density at radius 3 is 2.52 bits per heavy atom. The van der Waals surface area contributed by atoms with E-state index in [0.29, 0.717) is 0 Å². The van der Waals surface area contributed by atoms with E-state index < -0.39 is 0 Å². The highest BCUT2D eigenvalue weighted by Gasteiger charge is 2.18. The van der Waals surface area contributed by atoms with E-state index in [1.807, 2.05) is 6.92 Å². The van der Waals surface area contributed by atoms with Gasteiger partial charge < -0.3 is 10.6 Å². The molecule has 0 spiro atoms. The zero-order valence-electron chi connectivity index (χ0n) is 12.4. The maximum atomic E-state index is 5.87. The Balaban J connectivity index is 1.54. The van der Waals surface area contributed by atoms with Crippen LogP contribution in [0.3, 0.4) is 0 Å². The highest BCUT2D eigenvalue weighted by molar-refractivity contribution is 7.09. The molecule has 5 heteroatoms.